The summed E-state index contributed by atoms with van der Waals surface area (Å²) in [5.41, 5.74) is -5.63. The van der Waals surface area contributed by atoms with E-state index in [4.69, 9.17) is 0 Å². The van der Waals surface area contributed by atoms with Crippen molar-refractivity contribution in [2.45, 2.75) is 41.2 Å². The third-order valence-electron chi connectivity index (χ3n) is 1.87. The van der Waals surface area contributed by atoms with Gasteiger partial charge in [-0.25, -0.2) is 4.39 Å². The molecule has 0 saturated carbocycles. The smallest absolute Gasteiger partial charge is 0.227 e. The third kappa shape index (κ3) is 3.11. The molecular weight excluding hydrogens is 382 g/mol. The average Bonchev–Trinajstić information content (AvgIpc) is 1.97. The van der Waals surface area contributed by atoms with E-state index in [0.29, 0.717) is 0 Å². The zero-order chi connectivity index (χ0) is 14.3. The number of rotatable bonds is 3. The van der Waals surface area contributed by atoms with Gasteiger partial charge in [-0.3, -0.25) is 0 Å². The highest BCUT2D eigenvalue weighted by atomic mass is 127. The van der Waals surface area contributed by atoms with Crippen LogP contribution >= 0.6 is 22.6 Å². The molecule has 0 nitrogen and oxygen atoms in total. The molecule has 0 amide bonds. The Labute approximate surface area is 104 Å². The minimum Gasteiger partial charge on any atom is -0.227 e. The number of alkyl halides is 10. The van der Waals surface area contributed by atoms with Crippen molar-refractivity contribution in [2.24, 2.45) is 0 Å². The van der Waals surface area contributed by atoms with E-state index in [1.54, 1.807) is 0 Å². The molecule has 0 saturated heterocycles. The summed E-state index contributed by atoms with van der Waals surface area (Å²) in [4.78, 5) is 0. The Morgan fingerprint density at radius 2 is 1.18 bits per heavy atom. The first-order chi connectivity index (χ1) is 7.17. The summed E-state index contributed by atoms with van der Waals surface area (Å²) in [5, 5.41) is 0. The van der Waals surface area contributed by atoms with E-state index in [0.717, 1.165) is 29.5 Å². The van der Waals surface area contributed by atoms with Crippen LogP contribution in [0.3, 0.4) is 0 Å². The lowest BCUT2D eigenvalue weighted by Gasteiger charge is -2.36. The van der Waals surface area contributed by atoms with Gasteiger partial charge in [-0.1, -0.05) is 29.5 Å². The second kappa shape index (κ2) is 4.65. The topological polar surface area (TPSA) is 0 Å². The van der Waals surface area contributed by atoms with E-state index in [-0.39, 0.29) is 0 Å². The van der Waals surface area contributed by atoms with E-state index >= 15 is 0 Å². The Morgan fingerprint density at radius 3 is 1.35 bits per heavy atom. The fraction of sp³-hybridized carbons (Fsp3) is 1.00. The van der Waals surface area contributed by atoms with Crippen LogP contribution in [0.25, 0.3) is 0 Å². The standard InChI is InChI=1S/C7H6F9I/c1-3(17)2-4(8,6(11,12)13)5(9,10)7(14,15)16/h3H,2H2,1H3/t3-,4-/m0/s1. The first kappa shape index (κ1) is 17.1. The third-order valence-corrected chi connectivity index (χ3v) is 2.31. The van der Waals surface area contributed by atoms with Crippen molar-refractivity contribution in [3.8, 4) is 0 Å². The van der Waals surface area contributed by atoms with Crippen LogP contribution in [0.5, 0.6) is 0 Å². The summed E-state index contributed by atoms with van der Waals surface area (Å²) >= 11 is 1.14. The molecule has 0 fully saturated rings. The van der Waals surface area contributed by atoms with Crippen molar-refractivity contribution in [3.63, 3.8) is 0 Å². The molecule has 0 spiro atoms. The van der Waals surface area contributed by atoms with Crippen molar-refractivity contribution in [3.05, 3.63) is 0 Å². The first-order valence-corrected chi connectivity index (χ1v) is 5.25. The highest BCUT2D eigenvalue weighted by Gasteiger charge is 2.80. The Balaban J connectivity index is 5.65. The molecule has 0 aromatic carbocycles. The monoisotopic (exact) mass is 388 g/mol. The quantitative estimate of drug-likeness (QED) is 0.375. The van der Waals surface area contributed by atoms with Gasteiger partial charge < -0.3 is 0 Å². The lowest BCUT2D eigenvalue weighted by atomic mass is 9.91. The second-order valence-electron chi connectivity index (χ2n) is 3.36. The molecule has 0 bridgehead atoms. The molecule has 104 valence electrons. The van der Waals surface area contributed by atoms with Crippen LogP contribution in [0.1, 0.15) is 13.3 Å². The number of hydrogen-bond acceptors (Lipinski definition) is 0. The number of hydrogen-bond donors (Lipinski definition) is 0. The molecule has 0 aliphatic heterocycles. The fourth-order valence-electron chi connectivity index (χ4n) is 1.03. The largest absolute Gasteiger partial charge is 0.457 e. The Hall–Kier alpha value is 0.1000. The summed E-state index contributed by atoms with van der Waals surface area (Å²) in [5.74, 6) is -6.49. The van der Waals surface area contributed by atoms with Gasteiger partial charge in [-0.2, -0.15) is 35.1 Å². The summed E-state index contributed by atoms with van der Waals surface area (Å²) in [6.45, 7) is 0.896. The van der Waals surface area contributed by atoms with Crippen LogP contribution in [0.15, 0.2) is 0 Å². The van der Waals surface area contributed by atoms with Crippen molar-refractivity contribution in [1.82, 2.24) is 0 Å². The minimum absolute atomic E-state index is 0.896. The van der Waals surface area contributed by atoms with Gasteiger partial charge >= 0.3 is 18.3 Å². The SMILES string of the molecule is C[C@H](I)C[C@@](F)(C(F)(F)F)C(F)(F)C(F)(F)F. The van der Waals surface area contributed by atoms with Gasteiger partial charge in [0.25, 0.3) is 5.67 Å². The molecule has 17 heavy (non-hydrogen) atoms. The highest BCUT2D eigenvalue weighted by Crippen LogP contribution is 2.55. The number of halogens is 10. The molecule has 0 N–H and O–H groups in total. The molecule has 2 atom stereocenters. The van der Waals surface area contributed by atoms with Gasteiger partial charge in [0.05, 0.1) is 0 Å². The highest BCUT2D eigenvalue weighted by molar-refractivity contribution is 14.1. The Morgan fingerprint density at radius 1 is 0.824 bits per heavy atom. The summed E-state index contributed by atoms with van der Waals surface area (Å²) in [6, 6.07) is 0. The molecule has 0 radical (unpaired) electrons. The van der Waals surface area contributed by atoms with Gasteiger partial charge in [-0.15, -0.1) is 0 Å². The fourth-order valence-corrected chi connectivity index (χ4v) is 1.64. The van der Waals surface area contributed by atoms with Gasteiger partial charge in [0.1, 0.15) is 0 Å². The lowest BCUT2D eigenvalue weighted by molar-refractivity contribution is -0.384. The molecule has 0 heterocycles. The van der Waals surface area contributed by atoms with E-state index in [1.165, 1.54) is 0 Å². The zero-order valence-corrected chi connectivity index (χ0v) is 10.2. The average molecular weight is 388 g/mol. The molecule has 0 unspecified atom stereocenters. The zero-order valence-electron chi connectivity index (χ0n) is 8.06. The van der Waals surface area contributed by atoms with E-state index in [9.17, 15) is 39.5 Å². The van der Waals surface area contributed by atoms with E-state index in [1.807, 2.05) is 0 Å². The van der Waals surface area contributed by atoms with Gasteiger partial charge in [0.15, 0.2) is 0 Å². The van der Waals surface area contributed by atoms with Gasteiger partial charge in [0, 0.05) is 10.3 Å². The van der Waals surface area contributed by atoms with E-state index < -0.39 is 34.3 Å². The predicted molar refractivity (Wildman–Crippen MR) is 49.0 cm³/mol. The normalized spacial score (nSPS) is 19.9. The molecular formula is C7H6F9I. The van der Waals surface area contributed by atoms with Crippen LogP contribution in [0, 0.1) is 0 Å². The molecule has 0 aliphatic carbocycles. The van der Waals surface area contributed by atoms with Crippen molar-refractivity contribution in [1.29, 1.82) is 0 Å². The lowest BCUT2D eigenvalue weighted by Crippen LogP contribution is -2.62. The summed E-state index contributed by atoms with van der Waals surface area (Å²) in [7, 11) is 0. The molecule has 0 aromatic heterocycles. The van der Waals surface area contributed by atoms with Crippen LogP contribution < -0.4 is 0 Å². The Bertz CT molecular complexity index is 265. The molecule has 0 rings (SSSR count). The first-order valence-electron chi connectivity index (χ1n) is 4.01. The van der Waals surface area contributed by atoms with Crippen LogP contribution in [0.2, 0.25) is 0 Å². The minimum atomic E-state index is -6.61. The molecule has 10 heteroatoms. The summed E-state index contributed by atoms with van der Waals surface area (Å²) in [6.07, 6.45) is -14.9. The van der Waals surface area contributed by atoms with Crippen molar-refractivity contribution >= 4 is 22.6 Å². The van der Waals surface area contributed by atoms with Crippen LogP contribution in [0.4, 0.5) is 39.5 Å². The second-order valence-corrected chi connectivity index (χ2v) is 5.48. The van der Waals surface area contributed by atoms with E-state index in [2.05, 4.69) is 0 Å². The van der Waals surface area contributed by atoms with Crippen LogP contribution in [-0.4, -0.2) is 27.9 Å². The van der Waals surface area contributed by atoms with Crippen LogP contribution in [-0.2, 0) is 0 Å². The predicted octanol–water partition coefficient (Wildman–Crippen LogP) is 4.67. The summed E-state index contributed by atoms with van der Waals surface area (Å²) < 4.78 is 109. The van der Waals surface area contributed by atoms with Gasteiger partial charge in [0.2, 0.25) is 0 Å². The van der Waals surface area contributed by atoms with Crippen molar-refractivity contribution < 1.29 is 39.5 Å². The maximum absolute atomic E-state index is 13.2. The van der Waals surface area contributed by atoms with Gasteiger partial charge in [-0.05, 0) is 0 Å². The molecule has 0 aliphatic rings. The maximum Gasteiger partial charge on any atom is 0.457 e. The Kier molecular flexibility index (Phi) is 4.68. The van der Waals surface area contributed by atoms with Crippen molar-refractivity contribution in [2.75, 3.05) is 0 Å². The molecule has 0 aromatic rings. The maximum atomic E-state index is 13.2.